The largest absolute Gasteiger partial charge is 0.115 e. The summed E-state index contributed by atoms with van der Waals surface area (Å²) in [6.45, 7) is 2.19. The van der Waals surface area contributed by atoms with E-state index >= 15 is 0 Å². The van der Waals surface area contributed by atoms with Crippen molar-refractivity contribution in [3.05, 3.63) is 35.4 Å². The van der Waals surface area contributed by atoms with E-state index in [1.165, 1.54) is 18.4 Å². The van der Waals surface area contributed by atoms with Crippen LogP contribution >= 0.6 is 0 Å². The van der Waals surface area contributed by atoms with Gasteiger partial charge in [0.15, 0.2) is 0 Å². The van der Waals surface area contributed by atoms with E-state index < -0.39 is 0 Å². The van der Waals surface area contributed by atoms with Gasteiger partial charge in [0.1, 0.15) is 0 Å². The van der Waals surface area contributed by atoms with E-state index in [0.29, 0.717) is 0 Å². The Morgan fingerprint density at radius 2 is 2.08 bits per heavy atom. The molecule has 0 saturated heterocycles. The molecule has 0 N–H and O–H groups in total. The third kappa shape index (κ3) is 2.13. The molecular formula is C12H14. The number of benzene rings is 1. The van der Waals surface area contributed by atoms with Crippen LogP contribution in [0.25, 0.3) is 0 Å². The Bertz CT molecular complexity index is 278. The Balaban J connectivity index is 2.77. The maximum absolute atomic E-state index is 5.37. The molecule has 0 aliphatic heterocycles. The molecule has 0 radical (unpaired) electrons. The van der Waals surface area contributed by atoms with Crippen LogP contribution in [-0.4, -0.2) is 0 Å². The van der Waals surface area contributed by atoms with E-state index in [4.69, 9.17) is 6.42 Å². The minimum atomic E-state index is 1.05. The van der Waals surface area contributed by atoms with Gasteiger partial charge in [0.2, 0.25) is 0 Å². The highest BCUT2D eigenvalue weighted by molar-refractivity contribution is 5.39. The zero-order valence-corrected chi connectivity index (χ0v) is 7.51. The first-order valence-electron chi connectivity index (χ1n) is 4.43. The summed E-state index contributed by atoms with van der Waals surface area (Å²) in [5.74, 6) is 2.70. The summed E-state index contributed by atoms with van der Waals surface area (Å²) in [5, 5.41) is 0. The first kappa shape index (κ1) is 8.87. The molecule has 0 saturated carbocycles. The molecule has 0 fully saturated rings. The summed E-state index contributed by atoms with van der Waals surface area (Å²) in [5.41, 5.74) is 2.35. The fourth-order valence-corrected chi connectivity index (χ4v) is 1.25. The first-order valence-corrected chi connectivity index (χ1v) is 4.43. The molecule has 1 aromatic carbocycles. The SMILES string of the molecule is C#Cc1ccccc1CCCC. The zero-order valence-electron chi connectivity index (χ0n) is 7.51. The van der Waals surface area contributed by atoms with Gasteiger partial charge in [-0.1, -0.05) is 37.5 Å². The van der Waals surface area contributed by atoms with Crippen molar-refractivity contribution in [2.75, 3.05) is 0 Å². The summed E-state index contributed by atoms with van der Waals surface area (Å²) in [7, 11) is 0. The van der Waals surface area contributed by atoms with Gasteiger partial charge < -0.3 is 0 Å². The minimum Gasteiger partial charge on any atom is -0.115 e. The predicted octanol–water partition coefficient (Wildman–Crippen LogP) is 3.01. The summed E-state index contributed by atoms with van der Waals surface area (Å²) in [6.07, 6.45) is 8.92. The minimum absolute atomic E-state index is 1.05. The van der Waals surface area contributed by atoms with Crippen LogP contribution in [0.2, 0.25) is 0 Å². The molecule has 1 rings (SSSR count). The average molecular weight is 158 g/mol. The zero-order chi connectivity index (χ0) is 8.81. The number of unbranched alkanes of at least 4 members (excludes halogenated alkanes) is 1. The van der Waals surface area contributed by atoms with Crippen molar-refractivity contribution in [1.82, 2.24) is 0 Å². The molecule has 0 nitrogen and oxygen atoms in total. The Morgan fingerprint density at radius 1 is 1.33 bits per heavy atom. The van der Waals surface area contributed by atoms with Crippen LogP contribution in [-0.2, 0) is 6.42 Å². The summed E-state index contributed by atoms with van der Waals surface area (Å²) in [4.78, 5) is 0. The van der Waals surface area contributed by atoms with Crippen molar-refractivity contribution in [3.8, 4) is 12.3 Å². The highest BCUT2D eigenvalue weighted by atomic mass is 14.0. The van der Waals surface area contributed by atoms with Crippen molar-refractivity contribution in [2.45, 2.75) is 26.2 Å². The second-order valence-electron chi connectivity index (χ2n) is 2.91. The molecule has 0 aliphatic carbocycles. The average Bonchev–Trinajstić information content (AvgIpc) is 2.15. The standard InChI is InChI=1S/C12H14/c1-3-5-8-12-10-7-6-9-11(12)4-2/h2,6-7,9-10H,3,5,8H2,1H3. The predicted molar refractivity (Wildman–Crippen MR) is 53.0 cm³/mol. The lowest BCUT2D eigenvalue weighted by atomic mass is 10.0. The van der Waals surface area contributed by atoms with Gasteiger partial charge in [-0.05, 0) is 24.5 Å². The lowest BCUT2D eigenvalue weighted by Crippen LogP contribution is -1.88. The number of terminal acetylenes is 1. The van der Waals surface area contributed by atoms with E-state index in [0.717, 1.165) is 12.0 Å². The Kier molecular flexibility index (Phi) is 3.41. The van der Waals surface area contributed by atoms with Gasteiger partial charge in [-0.3, -0.25) is 0 Å². The molecule has 0 heterocycles. The maximum atomic E-state index is 5.37. The van der Waals surface area contributed by atoms with Crippen LogP contribution < -0.4 is 0 Å². The van der Waals surface area contributed by atoms with Gasteiger partial charge in [0, 0.05) is 5.56 Å². The van der Waals surface area contributed by atoms with Crippen LogP contribution in [0.5, 0.6) is 0 Å². The summed E-state index contributed by atoms with van der Waals surface area (Å²) in [6, 6.07) is 8.16. The normalized spacial score (nSPS) is 9.33. The number of rotatable bonds is 3. The van der Waals surface area contributed by atoms with Crippen molar-refractivity contribution in [3.63, 3.8) is 0 Å². The van der Waals surface area contributed by atoms with Crippen LogP contribution in [0.4, 0.5) is 0 Å². The Morgan fingerprint density at radius 3 is 2.75 bits per heavy atom. The number of hydrogen-bond donors (Lipinski definition) is 0. The molecule has 12 heavy (non-hydrogen) atoms. The molecule has 1 aromatic rings. The lowest BCUT2D eigenvalue weighted by molar-refractivity contribution is 0.794. The van der Waals surface area contributed by atoms with Gasteiger partial charge in [-0.25, -0.2) is 0 Å². The lowest BCUT2D eigenvalue weighted by Gasteiger charge is -2.01. The molecule has 0 atom stereocenters. The van der Waals surface area contributed by atoms with Crippen molar-refractivity contribution < 1.29 is 0 Å². The molecule has 0 aliphatic rings. The fourth-order valence-electron chi connectivity index (χ4n) is 1.25. The molecule has 0 bridgehead atoms. The van der Waals surface area contributed by atoms with E-state index in [1.54, 1.807) is 0 Å². The smallest absolute Gasteiger partial charge is 0.0274 e. The van der Waals surface area contributed by atoms with Crippen LogP contribution in [0.1, 0.15) is 30.9 Å². The van der Waals surface area contributed by atoms with Gasteiger partial charge in [-0.15, -0.1) is 6.42 Å². The molecule has 0 aromatic heterocycles. The summed E-state index contributed by atoms with van der Waals surface area (Å²) >= 11 is 0. The molecule has 0 unspecified atom stereocenters. The molecule has 0 spiro atoms. The first-order chi connectivity index (χ1) is 5.88. The van der Waals surface area contributed by atoms with Gasteiger partial charge >= 0.3 is 0 Å². The van der Waals surface area contributed by atoms with Crippen molar-refractivity contribution in [2.24, 2.45) is 0 Å². The van der Waals surface area contributed by atoms with E-state index in [2.05, 4.69) is 18.9 Å². The highest BCUT2D eigenvalue weighted by Gasteiger charge is 1.96. The molecular weight excluding hydrogens is 144 g/mol. The topological polar surface area (TPSA) is 0 Å². The van der Waals surface area contributed by atoms with E-state index in [9.17, 15) is 0 Å². The van der Waals surface area contributed by atoms with Gasteiger partial charge in [-0.2, -0.15) is 0 Å². The third-order valence-electron chi connectivity index (χ3n) is 1.97. The third-order valence-corrected chi connectivity index (χ3v) is 1.97. The van der Waals surface area contributed by atoms with E-state index in [-0.39, 0.29) is 0 Å². The number of hydrogen-bond acceptors (Lipinski definition) is 0. The maximum Gasteiger partial charge on any atom is 0.0274 e. The quantitative estimate of drug-likeness (QED) is 0.593. The highest BCUT2D eigenvalue weighted by Crippen LogP contribution is 2.10. The second-order valence-corrected chi connectivity index (χ2v) is 2.91. The summed E-state index contributed by atoms with van der Waals surface area (Å²) < 4.78 is 0. The monoisotopic (exact) mass is 158 g/mol. The number of aryl methyl sites for hydroxylation is 1. The molecule has 0 heteroatoms. The van der Waals surface area contributed by atoms with Crippen LogP contribution in [0, 0.1) is 12.3 Å². The Labute approximate surface area is 74.6 Å². The van der Waals surface area contributed by atoms with Crippen molar-refractivity contribution in [1.29, 1.82) is 0 Å². The van der Waals surface area contributed by atoms with Crippen LogP contribution in [0.3, 0.4) is 0 Å². The molecule has 0 amide bonds. The second kappa shape index (κ2) is 4.62. The van der Waals surface area contributed by atoms with Crippen LogP contribution in [0.15, 0.2) is 24.3 Å². The van der Waals surface area contributed by atoms with Gasteiger partial charge in [0.25, 0.3) is 0 Å². The fraction of sp³-hybridized carbons (Fsp3) is 0.333. The van der Waals surface area contributed by atoms with Gasteiger partial charge in [0.05, 0.1) is 0 Å². The Hall–Kier alpha value is -1.22. The van der Waals surface area contributed by atoms with E-state index in [1.807, 2.05) is 18.2 Å². The van der Waals surface area contributed by atoms with Crippen molar-refractivity contribution >= 4 is 0 Å². The molecule has 62 valence electrons.